The Balaban J connectivity index is 0.000000180. The van der Waals surface area contributed by atoms with Gasteiger partial charge in [0, 0.05) is 71.0 Å². The molecule has 0 unspecified atom stereocenters. The van der Waals surface area contributed by atoms with Crippen molar-refractivity contribution in [3.05, 3.63) is 119 Å². The molecule has 0 aromatic heterocycles. The number of halogens is 3. The van der Waals surface area contributed by atoms with Crippen LogP contribution in [0.25, 0.3) is 0 Å². The van der Waals surface area contributed by atoms with E-state index in [0.29, 0.717) is 110 Å². The third-order valence-electron chi connectivity index (χ3n) is 19.8. The van der Waals surface area contributed by atoms with Crippen LogP contribution >= 0.6 is 0 Å². The first-order valence-electron chi connectivity index (χ1n) is 32.3. The third kappa shape index (κ3) is 17.3. The first-order chi connectivity index (χ1) is 46.8. The summed E-state index contributed by atoms with van der Waals surface area (Å²) in [4.78, 5) is 91.9. The molecule has 0 amide bonds. The van der Waals surface area contributed by atoms with Gasteiger partial charge in [0.2, 0.25) is 0 Å². The maximum Gasteiger partial charge on any atom is 0.523 e. The van der Waals surface area contributed by atoms with Gasteiger partial charge in [0.25, 0.3) is 0 Å². The summed E-state index contributed by atoms with van der Waals surface area (Å²) in [5.74, 6) is 1.08. The molecule has 0 saturated carbocycles. The van der Waals surface area contributed by atoms with Crippen LogP contribution in [0.4, 0.5) is 13.2 Å². The molecule has 0 radical (unpaired) electrons. The summed E-state index contributed by atoms with van der Waals surface area (Å²) in [5, 5.41) is 19.6. The molecule has 2 fully saturated rings. The lowest BCUT2D eigenvalue weighted by molar-refractivity contribution is -0.156. The van der Waals surface area contributed by atoms with Crippen molar-refractivity contribution in [2.24, 2.45) is 11.8 Å². The second-order valence-corrected chi connectivity index (χ2v) is 27.9. The molecule has 6 atom stereocenters. The first-order valence-corrected chi connectivity index (χ1v) is 33.8. The highest BCUT2D eigenvalue weighted by molar-refractivity contribution is 7.87. The quantitative estimate of drug-likeness (QED) is 0.0290. The molecule has 0 spiro atoms. The Hall–Kier alpha value is -8.76. The number of alkyl halides is 3. The van der Waals surface area contributed by atoms with Gasteiger partial charge in [0.05, 0.1) is 63.9 Å². The molecular weight excluding hydrogens is 1340 g/mol. The number of hydrogen-bond acceptors (Lipinski definition) is 23. The van der Waals surface area contributed by atoms with E-state index in [1.165, 1.54) is 12.7 Å². The predicted molar refractivity (Wildman–Crippen MR) is 351 cm³/mol. The number of carbonyl (C=O) groups is 8. The number of ether oxygens (including phenoxy) is 11. The molecule has 11 rings (SSSR count). The van der Waals surface area contributed by atoms with E-state index in [0.717, 1.165) is 86.9 Å². The summed E-state index contributed by atoms with van der Waals surface area (Å²) < 4.78 is 115. The predicted octanol–water partition coefficient (Wildman–Crippen LogP) is 11.2. The number of carbonyl (C=O) groups excluding carboxylic acids is 7. The van der Waals surface area contributed by atoms with E-state index in [1.54, 1.807) is 59.4 Å². The number of fused-ring (bicyclic) bond motifs is 6. The van der Waals surface area contributed by atoms with Gasteiger partial charge < -0.3 is 67.1 Å². The van der Waals surface area contributed by atoms with Gasteiger partial charge in [-0.3, -0.25) is 18.6 Å². The van der Waals surface area contributed by atoms with Crippen molar-refractivity contribution in [3.8, 4) is 28.7 Å². The largest absolute Gasteiger partial charge is 0.523 e. The highest BCUT2D eigenvalue weighted by atomic mass is 32.2. The van der Waals surface area contributed by atoms with E-state index in [-0.39, 0.29) is 79.5 Å². The van der Waals surface area contributed by atoms with Crippen LogP contribution in [0.1, 0.15) is 202 Å². The van der Waals surface area contributed by atoms with Gasteiger partial charge in [-0.1, -0.05) is 25.5 Å². The molecule has 7 heterocycles. The monoisotopic (exact) mass is 1420 g/mol. The number of hydrogen-bond donors (Lipinski definition) is 2. The number of esters is 6. The zero-order valence-electron chi connectivity index (χ0n) is 58.9. The zero-order valence-corrected chi connectivity index (χ0v) is 59.7. The molecule has 2 saturated heterocycles. The molecule has 7 aliphatic heterocycles. The van der Waals surface area contributed by atoms with E-state index < -0.39 is 44.5 Å². The summed E-state index contributed by atoms with van der Waals surface area (Å²) in [7, 11) is 1.41. The lowest BCUT2D eigenvalue weighted by Crippen LogP contribution is -2.44. The summed E-state index contributed by atoms with van der Waals surface area (Å²) in [6.45, 7) is 20.4. The maximum atomic E-state index is 11.8. The van der Waals surface area contributed by atoms with Crippen molar-refractivity contribution in [1.82, 2.24) is 0 Å². The number of allylic oxidation sites excluding steroid dienone is 2. The molecule has 546 valence electrons. The number of carboxylic acids is 1. The number of ketones is 1. The van der Waals surface area contributed by atoms with Gasteiger partial charge in [-0.05, 0) is 159 Å². The average Bonchev–Trinajstić information content (AvgIpc) is 1.08. The number of methoxy groups -OCH3 is 4. The van der Waals surface area contributed by atoms with Gasteiger partial charge in [-0.2, -0.15) is 21.6 Å². The molecular formula is C72H87F3O24S. The molecule has 0 aliphatic carbocycles. The Morgan fingerprint density at radius 2 is 1.02 bits per heavy atom. The fourth-order valence-corrected chi connectivity index (χ4v) is 12.9. The lowest BCUT2D eigenvalue weighted by atomic mass is 9.78. The minimum atomic E-state index is -5.34. The number of carboxylic acid groups (broad SMARTS) is 1. The Morgan fingerprint density at radius 1 is 0.610 bits per heavy atom. The van der Waals surface area contributed by atoms with Crippen molar-refractivity contribution in [1.29, 1.82) is 0 Å². The number of Topliss-reactive ketones (excluding diaryl/α,β-unsaturated/α-hetero) is 1. The first kappa shape index (κ1) is 78.6. The topological polar surface area (TPSA) is 322 Å². The molecule has 2 N–H and O–H groups in total. The minimum absolute atomic E-state index is 0.0394. The van der Waals surface area contributed by atoms with Crippen LogP contribution in [0.3, 0.4) is 0 Å². The van der Waals surface area contributed by atoms with Crippen molar-refractivity contribution in [2.75, 3.05) is 35.5 Å². The Bertz CT molecular complexity index is 3910. The number of aliphatic hydroxyl groups excluding tert-OH is 1. The van der Waals surface area contributed by atoms with Crippen molar-refractivity contribution < 1.29 is 126 Å². The molecule has 4 aromatic carbocycles. The summed E-state index contributed by atoms with van der Waals surface area (Å²) in [5.41, 5.74) is 6.39. The Morgan fingerprint density at radius 3 is 1.42 bits per heavy atom. The second kappa shape index (κ2) is 31.8. The van der Waals surface area contributed by atoms with Crippen LogP contribution in [0.5, 0.6) is 28.7 Å². The fraction of sp³-hybridized carbons (Fsp3) is 0.528. The smallest absolute Gasteiger partial charge is 0.496 e. The lowest BCUT2D eigenvalue weighted by Gasteiger charge is -2.42. The Labute approximate surface area is 578 Å². The van der Waals surface area contributed by atoms with E-state index >= 15 is 0 Å². The van der Waals surface area contributed by atoms with Crippen LogP contribution in [-0.2, 0) is 114 Å². The van der Waals surface area contributed by atoms with Gasteiger partial charge in [0.1, 0.15) is 77.8 Å². The minimum Gasteiger partial charge on any atom is -0.496 e. The van der Waals surface area contributed by atoms with E-state index in [2.05, 4.69) is 17.2 Å². The molecule has 7 aliphatic rings. The number of benzene rings is 4. The summed E-state index contributed by atoms with van der Waals surface area (Å²) >= 11 is 0. The number of aliphatic hydroxyl groups is 1. The highest BCUT2D eigenvalue weighted by Crippen LogP contribution is 2.49. The average molecular weight is 1430 g/mol. The van der Waals surface area contributed by atoms with Crippen molar-refractivity contribution >= 4 is 57.7 Å². The SMILES string of the molecule is COS(=O)(=O)C(F)(F)F.COc1cc2c(c(C)c1C/C=C(\C)CCC(C)=O)COC2=O.COc1cc2c(c(C)c1C[C@H](C)[C@]1(C)CCC(=O)O1)COC2=O.COc1cc2c(c(C)c1C[C@H](O)[C@]1(C)CCC(=O)O1)COC2=O.COc1cc2c(c3c1C[C@H](C)[C@](C)(CCC(=O)O)O3)COC2=O. The third-order valence-corrected chi connectivity index (χ3v) is 20.8. The summed E-state index contributed by atoms with van der Waals surface area (Å²) in [6, 6.07) is 6.90. The molecule has 24 nitrogen and oxygen atoms in total. The van der Waals surface area contributed by atoms with Crippen LogP contribution in [-0.4, -0.2) is 130 Å². The highest BCUT2D eigenvalue weighted by Gasteiger charge is 2.48. The fourth-order valence-electron chi connectivity index (χ4n) is 12.7. The van der Waals surface area contributed by atoms with Gasteiger partial charge in [-0.25, -0.2) is 19.2 Å². The number of rotatable bonds is 19. The number of cyclic esters (lactones) is 6. The van der Waals surface area contributed by atoms with Crippen molar-refractivity contribution in [3.63, 3.8) is 0 Å². The Kier molecular flexibility index (Phi) is 25.0. The van der Waals surface area contributed by atoms with E-state index in [1.807, 2.05) is 48.5 Å². The van der Waals surface area contributed by atoms with E-state index in [9.17, 15) is 65.1 Å². The van der Waals surface area contributed by atoms with Gasteiger partial charge in [-0.15, -0.1) is 0 Å². The molecule has 28 heteroatoms. The van der Waals surface area contributed by atoms with Crippen LogP contribution in [0, 0.1) is 32.6 Å². The van der Waals surface area contributed by atoms with Gasteiger partial charge in [0.15, 0.2) is 0 Å². The normalized spacial score (nSPS) is 21.2. The van der Waals surface area contributed by atoms with E-state index in [4.69, 9.17) is 57.2 Å². The van der Waals surface area contributed by atoms with Crippen LogP contribution < -0.4 is 23.7 Å². The van der Waals surface area contributed by atoms with Crippen LogP contribution in [0.2, 0.25) is 0 Å². The second-order valence-electron chi connectivity index (χ2n) is 26.2. The standard InChI is InChI=1S/C18H22O5.C18H22O4.2C17H20O6.C2H3F3O3S/c1-10(18(3)6-5-16(19)23-18)7-12-11(2)14-9-22-17(20)13(14)8-15(12)21-4;1-11(5-7-12(2)19)6-8-14-13(3)16-10-22-18(20)15(16)9-17(14)21-4;1-9-10(7-14(18)17(2)5-4-15(19)23-17)13(21-3)6-11-12(9)8-22-16(11)20;1-9-6-11-13(21-3)7-10-12(8-22-16(10)20)15(11)23-17(9,2)5-4-14(18)19;1-8-9(6,7)2(3,4)5/h8,10H,5-7,9H2,1-4H3;6,9H,5,7-8,10H2,1-4H3;6,14,18H,4-5,7-8H2,1-3H3;7,9H,4-6,8H2,1-3H3,(H,18,19);1H3/b;11-6+;;;/t10-,18-;;14-,17-;9-,17-;/m0.00./s1. The van der Waals surface area contributed by atoms with Crippen LogP contribution in [0.15, 0.2) is 35.9 Å². The molecule has 4 aromatic rings. The van der Waals surface area contributed by atoms with Gasteiger partial charge >= 0.3 is 57.4 Å². The molecule has 100 heavy (non-hydrogen) atoms. The number of aliphatic carboxylic acids is 1. The zero-order chi connectivity index (χ0) is 74.3. The molecule has 0 bridgehead atoms. The van der Waals surface area contributed by atoms with Crippen molar-refractivity contribution in [2.45, 2.75) is 201 Å². The summed E-state index contributed by atoms with van der Waals surface area (Å²) in [6.07, 6.45) is 7.52. The maximum absolute atomic E-state index is 11.8.